The number of nitrogens with zero attached hydrogens (tertiary/aromatic N) is 2. The second-order valence-corrected chi connectivity index (χ2v) is 5.68. The third kappa shape index (κ3) is 4.73. The van der Waals surface area contributed by atoms with E-state index < -0.39 is 0 Å². The zero-order valence-electron chi connectivity index (χ0n) is 11.5. The Morgan fingerprint density at radius 1 is 1.26 bits per heavy atom. The van der Waals surface area contributed by atoms with E-state index in [9.17, 15) is 0 Å². The summed E-state index contributed by atoms with van der Waals surface area (Å²) in [6.07, 6.45) is 6.20. The van der Waals surface area contributed by atoms with E-state index >= 15 is 0 Å². The minimum Gasteiger partial charge on any atom is -0.309 e. The van der Waals surface area contributed by atoms with Gasteiger partial charge in [-0.2, -0.15) is 16.9 Å². The van der Waals surface area contributed by atoms with Gasteiger partial charge in [-0.3, -0.25) is 4.68 Å². The Kier molecular flexibility index (Phi) is 5.48. The van der Waals surface area contributed by atoms with Gasteiger partial charge in [-0.05, 0) is 18.7 Å². The van der Waals surface area contributed by atoms with Crippen molar-refractivity contribution in [3.8, 4) is 0 Å². The first-order valence-electron chi connectivity index (χ1n) is 6.55. The van der Waals surface area contributed by atoms with E-state index in [1.54, 1.807) is 0 Å². The fraction of sp³-hybridized carbons (Fsp3) is 0.400. The lowest BCUT2D eigenvalue weighted by atomic mass is 10.2. The molecule has 0 radical (unpaired) electrons. The van der Waals surface area contributed by atoms with Crippen molar-refractivity contribution in [1.29, 1.82) is 0 Å². The normalized spacial score (nSPS) is 12.5. The third-order valence-electron chi connectivity index (χ3n) is 2.95. The van der Waals surface area contributed by atoms with Crippen molar-refractivity contribution in [1.82, 2.24) is 15.1 Å². The maximum Gasteiger partial charge on any atom is 0.0659 e. The maximum absolute atomic E-state index is 4.41. The summed E-state index contributed by atoms with van der Waals surface area (Å²) in [6.45, 7) is 3.93. The molecule has 1 unspecified atom stereocenters. The molecule has 102 valence electrons. The molecular weight excluding hydrogens is 254 g/mol. The molecule has 0 saturated heterocycles. The molecule has 2 rings (SSSR count). The zero-order valence-corrected chi connectivity index (χ0v) is 12.4. The van der Waals surface area contributed by atoms with Gasteiger partial charge in [-0.25, -0.2) is 0 Å². The van der Waals surface area contributed by atoms with Gasteiger partial charge in [0.05, 0.1) is 12.7 Å². The number of rotatable bonds is 7. The first kappa shape index (κ1) is 14.2. The fourth-order valence-corrected chi connectivity index (χ4v) is 2.57. The Morgan fingerprint density at radius 2 is 2.05 bits per heavy atom. The highest BCUT2D eigenvalue weighted by Crippen LogP contribution is 2.04. The molecule has 0 aliphatic rings. The van der Waals surface area contributed by atoms with Crippen molar-refractivity contribution in [2.24, 2.45) is 0 Å². The molecule has 0 saturated carbocycles. The summed E-state index contributed by atoms with van der Waals surface area (Å²) >= 11 is 1.87. The van der Waals surface area contributed by atoms with Crippen LogP contribution < -0.4 is 5.32 Å². The van der Waals surface area contributed by atoms with Crippen molar-refractivity contribution in [3.63, 3.8) is 0 Å². The van der Waals surface area contributed by atoms with Gasteiger partial charge in [-0.1, -0.05) is 30.3 Å². The highest BCUT2D eigenvalue weighted by atomic mass is 32.2. The average molecular weight is 275 g/mol. The highest BCUT2D eigenvalue weighted by molar-refractivity contribution is 7.98. The van der Waals surface area contributed by atoms with E-state index in [1.165, 1.54) is 11.1 Å². The quantitative estimate of drug-likeness (QED) is 0.842. The standard InChI is InChI=1S/C15H21N3S/c1-13(12-19-2)16-8-15-9-17-18(11-15)10-14-6-4-3-5-7-14/h3-7,9,11,13,16H,8,10,12H2,1-2H3. The topological polar surface area (TPSA) is 29.9 Å². The number of hydrogen-bond donors (Lipinski definition) is 1. The largest absolute Gasteiger partial charge is 0.309 e. The first-order chi connectivity index (χ1) is 9.28. The number of benzene rings is 1. The summed E-state index contributed by atoms with van der Waals surface area (Å²) in [4.78, 5) is 0. The monoisotopic (exact) mass is 275 g/mol. The second-order valence-electron chi connectivity index (χ2n) is 4.77. The van der Waals surface area contributed by atoms with Crippen molar-refractivity contribution < 1.29 is 0 Å². The summed E-state index contributed by atoms with van der Waals surface area (Å²) in [5, 5.41) is 7.91. The van der Waals surface area contributed by atoms with Crippen LogP contribution in [-0.4, -0.2) is 27.8 Å². The van der Waals surface area contributed by atoms with E-state index in [1.807, 2.05) is 28.7 Å². The van der Waals surface area contributed by atoms with E-state index in [2.05, 4.69) is 54.1 Å². The van der Waals surface area contributed by atoms with Crippen molar-refractivity contribution in [2.75, 3.05) is 12.0 Å². The van der Waals surface area contributed by atoms with E-state index in [0.717, 1.165) is 18.8 Å². The van der Waals surface area contributed by atoms with Gasteiger partial charge in [0.2, 0.25) is 0 Å². The zero-order chi connectivity index (χ0) is 13.5. The summed E-state index contributed by atoms with van der Waals surface area (Å²) in [6, 6.07) is 10.9. The van der Waals surface area contributed by atoms with Crippen LogP contribution in [-0.2, 0) is 13.1 Å². The molecule has 19 heavy (non-hydrogen) atoms. The number of hydrogen-bond acceptors (Lipinski definition) is 3. The fourth-order valence-electron chi connectivity index (χ4n) is 1.96. The molecule has 4 heteroatoms. The number of aromatic nitrogens is 2. The molecule has 1 heterocycles. The van der Waals surface area contributed by atoms with Crippen LogP contribution in [0.4, 0.5) is 0 Å². The Bertz CT molecular complexity index is 481. The molecule has 0 bridgehead atoms. The van der Waals surface area contributed by atoms with Gasteiger partial charge in [0, 0.05) is 30.1 Å². The van der Waals surface area contributed by atoms with Gasteiger partial charge in [0.1, 0.15) is 0 Å². The molecular formula is C15H21N3S. The van der Waals surface area contributed by atoms with Gasteiger partial charge in [-0.15, -0.1) is 0 Å². The van der Waals surface area contributed by atoms with Crippen LogP contribution in [0.25, 0.3) is 0 Å². The lowest BCUT2D eigenvalue weighted by Crippen LogP contribution is -2.27. The van der Waals surface area contributed by atoms with Crippen LogP contribution in [0.15, 0.2) is 42.7 Å². The Morgan fingerprint density at radius 3 is 2.79 bits per heavy atom. The van der Waals surface area contributed by atoms with E-state index in [0.29, 0.717) is 6.04 Å². The number of thioether (sulfide) groups is 1. The predicted octanol–water partition coefficient (Wildman–Crippen LogP) is 2.77. The maximum atomic E-state index is 4.41. The van der Waals surface area contributed by atoms with E-state index in [4.69, 9.17) is 0 Å². The van der Waals surface area contributed by atoms with Crippen LogP contribution in [0, 0.1) is 0 Å². The summed E-state index contributed by atoms with van der Waals surface area (Å²) in [7, 11) is 0. The van der Waals surface area contributed by atoms with Crippen LogP contribution in [0.5, 0.6) is 0 Å². The summed E-state index contributed by atoms with van der Waals surface area (Å²) in [5.41, 5.74) is 2.52. The predicted molar refractivity (Wildman–Crippen MR) is 82.5 cm³/mol. The molecule has 1 aromatic heterocycles. The second kappa shape index (κ2) is 7.36. The lowest BCUT2D eigenvalue weighted by molar-refractivity contribution is 0.595. The highest BCUT2D eigenvalue weighted by Gasteiger charge is 2.03. The molecule has 0 spiro atoms. The van der Waals surface area contributed by atoms with E-state index in [-0.39, 0.29) is 0 Å². The minimum atomic E-state index is 0.535. The van der Waals surface area contributed by atoms with Crippen molar-refractivity contribution >= 4 is 11.8 Å². The van der Waals surface area contributed by atoms with Crippen molar-refractivity contribution in [2.45, 2.75) is 26.1 Å². The first-order valence-corrected chi connectivity index (χ1v) is 7.95. The molecule has 1 N–H and O–H groups in total. The van der Waals surface area contributed by atoms with Gasteiger partial charge in [0.25, 0.3) is 0 Å². The molecule has 1 aromatic carbocycles. The smallest absolute Gasteiger partial charge is 0.0659 e. The van der Waals surface area contributed by atoms with Crippen LogP contribution in [0.2, 0.25) is 0 Å². The van der Waals surface area contributed by atoms with Crippen molar-refractivity contribution in [3.05, 3.63) is 53.9 Å². The van der Waals surface area contributed by atoms with Crippen LogP contribution in [0.1, 0.15) is 18.1 Å². The molecule has 0 amide bonds. The summed E-state index contributed by atoms with van der Waals surface area (Å²) in [5.74, 6) is 1.14. The Balaban J connectivity index is 1.85. The molecule has 0 aliphatic heterocycles. The molecule has 1 atom stereocenters. The van der Waals surface area contributed by atoms with Crippen LogP contribution in [0.3, 0.4) is 0 Å². The summed E-state index contributed by atoms with van der Waals surface area (Å²) < 4.78 is 1.99. The lowest BCUT2D eigenvalue weighted by Gasteiger charge is -2.10. The minimum absolute atomic E-state index is 0.535. The third-order valence-corrected chi connectivity index (χ3v) is 3.78. The Labute approximate surface area is 119 Å². The van der Waals surface area contributed by atoms with Gasteiger partial charge >= 0.3 is 0 Å². The molecule has 0 fully saturated rings. The average Bonchev–Trinajstić information content (AvgIpc) is 2.86. The molecule has 0 aliphatic carbocycles. The Hall–Kier alpha value is -1.26. The molecule has 2 aromatic rings. The van der Waals surface area contributed by atoms with Gasteiger partial charge < -0.3 is 5.32 Å². The number of nitrogens with one attached hydrogen (secondary N) is 1. The molecule has 3 nitrogen and oxygen atoms in total. The SMILES string of the molecule is CSCC(C)NCc1cnn(Cc2ccccc2)c1. The van der Waals surface area contributed by atoms with Crippen LogP contribution >= 0.6 is 11.8 Å². The van der Waals surface area contributed by atoms with Gasteiger partial charge in [0.15, 0.2) is 0 Å².